The highest BCUT2D eigenvalue weighted by Crippen LogP contribution is 2.38. The maximum Gasteiger partial charge on any atom is 0.290 e. The molecule has 0 atom stereocenters. The zero-order valence-electron chi connectivity index (χ0n) is 8.17. The van der Waals surface area contributed by atoms with Crippen molar-refractivity contribution in [3.05, 3.63) is 43.3 Å². The molecule has 7 heteroatoms. The standard InChI is InChI=1S/C9H6N2O4S/c1-5-9(11(14)15)7-3-2-6(10(12)13)4-8(7)16-5/h2-4H,1H3. The highest BCUT2D eigenvalue weighted by Gasteiger charge is 2.20. The van der Waals surface area contributed by atoms with Crippen molar-refractivity contribution in [2.75, 3.05) is 0 Å². The van der Waals surface area contributed by atoms with Crippen molar-refractivity contribution in [1.82, 2.24) is 0 Å². The Morgan fingerprint density at radius 1 is 1.19 bits per heavy atom. The van der Waals surface area contributed by atoms with Gasteiger partial charge in [0, 0.05) is 16.8 Å². The first kappa shape index (κ1) is 10.5. The molecule has 0 spiro atoms. The summed E-state index contributed by atoms with van der Waals surface area (Å²) in [4.78, 5) is 20.9. The Bertz CT molecular complexity index is 605. The van der Waals surface area contributed by atoms with Crippen LogP contribution in [0.4, 0.5) is 11.4 Å². The quantitative estimate of drug-likeness (QED) is 0.594. The number of nitro benzene ring substituents is 1. The van der Waals surface area contributed by atoms with Crippen molar-refractivity contribution in [2.45, 2.75) is 6.92 Å². The van der Waals surface area contributed by atoms with Gasteiger partial charge in [-0.15, -0.1) is 11.3 Å². The largest absolute Gasteiger partial charge is 0.290 e. The molecule has 0 bridgehead atoms. The SMILES string of the molecule is Cc1sc2cc([N+](=O)[O-])ccc2c1[N+](=O)[O-]. The van der Waals surface area contributed by atoms with E-state index in [9.17, 15) is 20.2 Å². The van der Waals surface area contributed by atoms with Gasteiger partial charge in [-0.25, -0.2) is 0 Å². The second-order valence-corrected chi connectivity index (χ2v) is 4.46. The minimum absolute atomic E-state index is 0.0369. The summed E-state index contributed by atoms with van der Waals surface area (Å²) < 4.78 is 0.568. The number of hydrogen-bond donors (Lipinski definition) is 0. The van der Waals surface area contributed by atoms with Crippen LogP contribution in [0.2, 0.25) is 0 Å². The van der Waals surface area contributed by atoms with Gasteiger partial charge in [0.1, 0.15) is 0 Å². The molecule has 16 heavy (non-hydrogen) atoms. The Labute approximate surface area is 93.4 Å². The summed E-state index contributed by atoms with van der Waals surface area (Å²) in [6.45, 7) is 1.63. The monoisotopic (exact) mass is 238 g/mol. The van der Waals surface area contributed by atoms with Crippen LogP contribution in [0.5, 0.6) is 0 Å². The minimum atomic E-state index is -0.514. The lowest BCUT2D eigenvalue weighted by molar-refractivity contribution is -0.384. The zero-order valence-corrected chi connectivity index (χ0v) is 8.98. The fourth-order valence-electron chi connectivity index (χ4n) is 1.53. The molecule has 1 heterocycles. The summed E-state index contributed by atoms with van der Waals surface area (Å²) >= 11 is 1.19. The van der Waals surface area contributed by atoms with Crippen molar-refractivity contribution < 1.29 is 9.85 Å². The molecule has 1 aromatic heterocycles. The van der Waals surface area contributed by atoms with Gasteiger partial charge in [-0.2, -0.15) is 0 Å². The molecule has 0 aliphatic rings. The van der Waals surface area contributed by atoms with Crippen LogP contribution in [-0.2, 0) is 0 Å². The lowest BCUT2D eigenvalue weighted by Gasteiger charge is -1.91. The maximum atomic E-state index is 10.8. The topological polar surface area (TPSA) is 86.3 Å². The first-order chi connectivity index (χ1) is 7.50. The Balaban J connectivity index is 2.75. The number of aryl methyl sites for hydroxylation is 1. The van der Waals surface area contributed by atoms with Gasteiger partial charge in [0.2, 0.25) is 0 Å². The van der Waals surface area contributed by atoms with Gasteiger partial charge in [-0.3, -0.25) is 20.2 Å². The van der Waals surface area contributed by atoms with Crippen LogP contribution in [0.1, 0.15) is 4.88 Å². The number of nitrogens with zero attached hydrogens (tertiary/aromatic N) is 2. The number of fused-ring (bicyclic) bond motifs is 1. The molecule has 0 N–H and O–H groups in total. The van der Waals surface area contributed by atoms with Gasteiger partial charge in [-0.05, 0) is 13.0 Å². The van der Waals surface area contributed by atoms with E-state index >= 15 is 0 Å². The third-order valence-electron chi connectivity index (χ3n) is 2.21. The average Bonchev–Trinajstić information content (AvgIpc) is 2.51. The van der Waals surface area contributed by atoms with Crippen LogP contribution in [0, 0.1) is 27.2 Å². The molecular weight excluding hydrogens is 232 g/mol. The van der Waals surface area contributed by atoms with Crippen LogP contribution >= 0.6 is 11.3 Å². The molecular formula is C9H6N2O4S. The molecule has 6 nitrogen and oxygen atoms in total. The van der Waals surface area contributed by atoms with E-state index in [-0.39, 0.29) is 11.4 Å². The van der Waals surface area contributed by atoms with E-state index in [4.69, 9.17) is 0 Å². The number of non-ortho nitro benzene ring substituents is 1. The number of hydrogen-bond acceptors (Lipinski definition) is 5. The number of benzene rings is 1. The van der Waals surface area contributed by atoms with Crippen molar-refractivity contribution in [3.63, 3.8) is 0 Å². The first-order valence-corrected chi connectivity index (χ1v) is 5.14. The summed E-state index contributed by atoms with van der Waals surface area (Å²) in [5.74, 6) is 0. The van der Waals surface area contributed by atoms with E-state index < -0.39 is 9.85 Å². The van der Waals surface area contributed by atoms with Gasteiger partial charge < -0.3 is 0 Å². The van der Waals surface area contributed by atoms with E-state index in [1.54, 1.807) is 6.92 Å². The normalized spacial score (nSPS) is 10.6. The van der Waals surface area contributed by atoms with E-state index in [1.165, 1.54) is 29.5 Å². The molecule has 0 radical (unpaired) electrons. The summed E-state index contributed by atoms with van der Waals surface area (Å²) in [7, 11) is 0. The molecule has 0 fully saturated rings. The van der Waals surface area contributed by atoms with E-state index in [0.717, 1.165) is 0 Å². The third kappa shape index (κ3) is 1.50. The molecule has 0 unspecified atom stereocenters. The molecule has 2 aromatic rings. The molecule has 0 saturated carbocycles. The van der Waals surface area contributed by atoms with Crippen LogP contribution < -0.4 is 0 Å². The van der Waals surface area contributed by atoms with Gasteiger partial charge in [0.05, 0.1) is 20.1 Å². The molecule has 0 amide bonds. The van der Waals surface area contributed by atoms with Gasteiger partial charge >= 0.3 is 0 Å². The van der Waals surface area contributed by atoms with Gasteiger partial charge in [-0.1, -0.05) is 0 Å². The van der Waals surface area contributed by atoms with Crippen molar-refractivity contribution >= 4 is 32.8 Å². The summed E-state index contributed by atoms with van der Waals surface area (Å²) in [6.07, 6.45) is 0. The lowest BCUT2D eigenvalue weighted by Crippen LogP contribution is -1.89. The van der Waals surface area contributed by atoms with E-state index in [1.807, 2.05) is 0 Å². The van der Waals surface area contributed by atoms with Crippen molar-refractivity contribution in [1.29, 1.82) is 0 Å². The number of rotatable bonds is 2. The van der Waals surface area contributed by atoms with Crippen LogP contribution in [-0.4, -0.2) is 9.85 Å². The first-order valence-electron chi connectivity index (χ1n) is 4.32. The molecule has 0 aliphatic carbocycles. The molecule has 2 rings (SSSR count). The molecule has 0 aliphatic heterocycles. The van der Waals surface area contributed by atoms with Gasteiger partial charge in [0.25, 0.3) is 11.4 Å². The Kier molecular flexibility index (Phi) is 2.31. The minimum Gasteiger partial charge on any atom is -0.258 e. The number of thiophene rings is 1. The van der Waals surface area contributed by atoms with E-state index in [0.29, 0.717) is 15.0 Å². The van der Waals surface area contributed by atoms with E-state index in [2.05, 4.69) is 0 Å². The highest BCUT2D eigenvalue weighted by atomic mass is 32.1. The predicted molar refractivity (Wildman–Crippen MR) is 59.9 cm³/mol. The van der Waals surface area contributed by atoms with Crippen molar-refractivity contribution in [3.8, 4) is 0 Å². The zero-order chi connectivity index (χ0) is 11.9. The highest BCUT2D eigenvalue weighted by molar-refractivity contribution is 7.19. The second kappa shape index (κ2) is 3.53. The van der Waals surface area contributed by atoms with Crippen LogP contribution in [0.3, 0.4) is 0 Å². The second-order valence-electron chi connectivity index (χ2n) is 3.20. The Morgan fingerprint density at radius 3 is 2.44 bits per heavy atom. The maximum absolute atomic E-state index is 10.8. The summed E-state index contributed by atoms with van der Waals surface area (Å²) in [5, 5.41) is 21.8. The third-order valence-corrected chi connectivity index (χ3v) is 3.27. The fourth-order valence-corrected chi connectivity index (χ4v) is 2.60. The number of nitro groups is 2. The lowest BCUT2D eigenvalue weighted by atomic mass is 10.2. The Morgan fingerprint density at radius 2 is 1.88 bits per heavy atom. The van der Waals surface area contributed by atoms with Gasteiger partial charge in [0.15, 0.2) is 0 Å². The smallest absolute Gasteiger partial charge is 0.258 e. The molecule has 82 valence electrons. The van der Waals surface area contributed by atoms with Crippen molar-refractivity contribution in [2.24, 2.45) is 0 Å². The average molecular weight is 238 g/mol. The molecule has 0 saturated heterocycles. The predicted octanol–water partition coefficient (Wildman–Crippen LogP) is 3.03. The summed E-state index contributed by atoms with van der Waals surface area (Å²) in [6, 6.07) is 4.07. The summed E-state index contributed by atoms with van der Waals surface area (Å²) in [5.41, 5.74) is -0.0152. The van der Waals surface area contributed by atoms with Crippen LogP contribution in [0.15, 0.2) is 18.2 Å². The fraction of sp³-hybridized carbons (Fsp3) is 0.111. The Hall–Kier alpha value is -2.02. The molecule has 1 aromatic carbocycles. The van der Waals surface area contributed by atoms with Crippen LogP contribution in [0.25, 0.3) is 10.1 Å².